The summed E-state index contributed by atoms with van der Waals surface area (Å²) in [6.07, 6.45) is 7.60. The highest BCUT2D eigenvalue weighted by molar-refractivity contribution is 5.48. The standard InChI is InChI=1S/C15H20N2O/c1-3-9-17-10-7-13(8-11-17)16-14-5-4-6-15(12-14)18-2/h1,4-6,12-13,16H,7-11H2,2H3. The Balaban J connectivity index is 1.86. The molecule has 0 saturated carbocycles. The third-order valence-electron chi connectivity index (χ3n) is 3.34. The number of nitrogens with zero attached hydrogens (tertiary/aromatic N) is 1. The van der Waals surface area contributed by atoms with Gasteiger partial charge in [-0.2, -0.15) is 0 Å². The Bertz CT molecular complexity index is 417. The van der Waals surface area contributed by atoms with Crippen LogP contribution < -0.4 is 10.1 Å². The molecule has 0 unspecified atom stereocenters. The van der Waals surface area contributed by atoms with E-state index in [9.17, 15) is 0 Å². The predicted octanol–water partition coefficient (Wildman–Crippen LogP) is 2.20. The molecule has 0 amide bonds. The fourth-order valence-electron chi connectivity index (χ4n) is 2.31. The second kappa shape index (κ2) is 6.32. The molecular formula is C15H20N2O. The number of terminal acetylenes is 1. The molecule has 1 saturated heterocycles. The summed E-state index contributed by atoms with van der Waals surface area (Å²) in [5.41, 5.74) is 1.13. The number of ether oxygens (including phenoxy) is 1. The van der Waals surface area contributed by atoms with Gasteiger partial charge >= 0.3 is 0 Å². The topological polar surface area (TPSA) is 24.5 Å². The molecule has 96 valence electrons. The van der Waals surface area contributed by atoms with Crippen LogP contribution in [0.15, 0.2) is 24.3 Å². The van der Waals surface area contributed by atoms with E-state index >= 15 is 0 Å². The minimum Gasteiger partial charge on any atom is -0.497 e. The van der Waals surface area contributed by atoms with E-state index in [4.69, 9.17) is 11.2 Å². The maximum Gasteiger partial charge on any atom is 0.120 e. The van der Waals surface area contributed by atoms with Gasteiger partial charge in [-0.05, 0) is 25.0 Å². The maximum absolute atomic E-state index is 5.33. The lowest BCUT2D eigenvalue weighted by molar-refractivity contribution is 0.243. The number of rotatable bonds is 4. The van der Waals surface area contributed by atoms with Crippen molar-refractivity contribution >= 4 is 5.69 Å². The van der Waals surface area contributed by atoms with Gasteiger partial charge in [-0.3, -0.25) is 4.90 Å². The quantitative estimate of drug-likeness (QED) is 0.822. The first-order valence-electron chi connectivity index (χ1n) is 6.38. The average Bonchev–Trinajstić information content (AvgIpc) is 2.42. The zero-order valence-corrected chi connectivity index (χ0v) is 10.9. The molecule has 1 aromatic carbocycles. The number of methoxy groups -OCH3 is 1. The second-order valence-electron chi connectivity index (χ2n) is 4.63. The van der Waals surface area contributed by atoms with E-state index in [1.807, 2.05) is 18.2 Å². The smallest absolute Gasteiger partial charge is 0.120 e. The molecule has 2 rings (SSSR count). The van der Waals surface area contributed by atoms with Crippen LogP contribution in [0.3, 0.4) is 0 Å². The third kappa shape index (κ3) is 3.41. The molecule has 0 radical (unpaired) electrons. The average molecular weight is 244 g/mol. The number of hydrogen-bond donors (Lipinski definition) is 1. The van der Waals surface area contributed by atoms with Crippen molar-refractivity contribution in [2.24, 2.45) is 0 Å². The van der Waals surface area contributed by atoms with Crippen LogP contribution >= 0.6 is 0 Å². The molecule has 1 aliphatic heterocycles. The van der Waals surface area contributed by atoms with Crippen LogP contribution in [0, 0.1) is 12.3 Å². The van der Waals surface area contributed by atoms with Gasteiger partial charge in [0.1, 0.15) is 5.75 Å². The van der Waals surface area contributed by atoms with E-state index in [1.54, 1.807) is 7.11 Å². The highest BCUT2D eigenvalue weighted by Crippen LogP contribution is 2.20. The summed E-state index contributed by atoms with van der Waals surface area (Å²) in [5, 5.41) is 3.56. The molecule has 0 atom stereocenters. The highest BCUT2D eigenvalue weighted by Gasteiger charge is 2.18. The summed E-state index contributed by atoms with van der Waals surface area (Å²) in [6.45, 7) is 2.92. The van der Waals surface area contributed by atoms with E-state index in [0.29, 0.717) is 6.04 Å². The second-order valence-corrected chi connectivity index (χ2v) is 4.63. The maximum atomic E-state index is 5.33. The lowest BCUT2D eigenvalue weighted by Crippen LogP contribution is -2.39. The van der Waals surface area contributed by atoms with Crippen molar-refractivity contribution in [3.05, 3.63) is 24.3 Å². The molecule has 3 nitrogen and oxygen atoms in total. The molecule has 0 bridgehead atoms. The van der Waals surface area contributed by atoms with E-state index < -0.39 is 0 Å². The number of nitrogens with one attached hydrogen (secondary N) is 1. The van der Waals surface area contributed by atoms with Crippen LogP contribution in [0.25, 0.3) is 0 Å². The Labute approximate surface area is 109 Å². The largest absolute Gasteiger partial charge is 0.497 e. The molecule has 3 heteroatoms. The van der Waals surface area contributed by atoms with Crippen molar-refractivity contribution in [3.63, 3.8) is 0 Å². The Hall–Kier alpha value is -1.66. The first kappa shape index (κ1) is 12.8. The zero-order valence-electron chi connectivity index (χ0n) is 10.9. The Kier molecular flexibility index (Phi) is 4.49. The summed E-state index contributed by atoms with van der Waals surface area (Å²) in [4.78, 5) is 2.32. The summed E-state index contributed by atoms with van der Waals surface area (Å²) in [6, 6.07) is 8.62. The van der Waals surface area contributed by atoms with Crippen molar-refractivity contribution < 1.29 is 4.74 Å². The summed E-state index contributed by atoms with van der Waals surface area (Å²) >= 11 is 0. The van der Waals surface area contributed by atoms with Gasteiger partial charge in [0.2, 0.25) is 0 Å². The van der Waals surface area contributed by atoms with Gasteiger partial charge in [-0.25, -0.2) is 0 Å². The van der Waals surface area contributed by atoms with Crippen LogP contribution in [0.4, 0.5) is 5.69 Å². The fourth-order valence-corrected chi connectivity index (χ4v) is 2.31. The van der Waals surface area contributed by atoms with E-state index in [0.717, 1.165) is 43.9 Å². The normalized spacial score (nSPS) is 17.1. The minimum atomic E-state index is 0.533. The van der Waals surface area contributed by atoms with Crippen LogP contribution in [0.1, 0.15) is 12.8 Å². The van der Waals surface area contributed by atoms with Gasteiger partial charge < -0.3 is 10.1 Å². The van der Waals surface area contributed by atoms with E-state index in [2.05, 4.69) is 22.2 Å². The van der Waals surface area contributed by atoms with Crippen molar-refractivity contribution in [1.29, 1.82) is 0 Å². The molecule has 1 N–H and O–H groups in total. The lowest BCUT2D eigenvalue weighted by atomic mass is 10.0. The first-order valence-corrected chi connectivity index (χ1v) is 6.38. The minimum absolute atomic E-state index is 0.533. The van der Waals surface area contributed by atoms with Crippen LogP contribution in [0.5, 0.6) is 5.75 Å². The Morgan fingerprint density at radius 2 is 2.22 bits per heavy atom. The summed E-state index contributed by atoms with van der Waals surface area (Å²) in [5.74, 6) is 3.60. The lowest BCUT2D eigenvalue weighted by Gasteiger charge is -2.31. The molecule has 1 fully saturated rings. The monoisotopic (exact) mass is 244 g/mol. The van der Waals surface area contributed by atoms with E-state index in [-0.39, 0.29) is 0 Å². The van der Waals surface area contributed by atoms with Crippen LogP contribution in [-0.2, 0) is 0 Å². The number of piperidine rings is 1. The summed E-state index contributed by atoms with van der Waals surface area (Å²) in [7, 11) is 1.69. The van der Waals surface area contributed by atoms with Gasteiger partial charge in [0.15, 0.2) is 0 Å². The molecule has 1 aliphatic rings. The molecule has 1 aromatic rings. The van der Waals surface area contributed by atoms with Crippen molar-refractivity contribution in [2.45, 2.75) is 18.9 Å². The third-order valence-corrected chi connectivity index (χ3v) is 3.34. The predicted molar refractivity (Wildman–Crippen MR) is 74.9 cm³/mol. The molecular weight excluding hydrogens is 224 g/mol. The SMILES string of the molecule is C#CCN1CCC(Nc2cccc(OC)c2)CC1. The Morgan fingerprint density at radius 1 is 1.44 bits per heavy atom. The van der Waals surface area contributed by atoms with Gasteiger partial charge in [-0.1, -0.05) is 12.0 Å². The molecule has 0 aliphatic carbocycles. The summed E-state index contributed by atoms with van der Waals surface area (Å²) < 4.78 is 5.22. The number of hydrogen-bond acceptors (Lipinski definition) is 3. The van der Waals surface area contributed by atoms with Gasteiger partial charge in [0, 0.05) is 30.9 Å². The van der Waals surface area contributed by atoms with Gasteiger partial charge in [-0.15, -0.1) is 6.42 Å². The van der Waals surface area contributed by atoms with Crippen molar-refractivity contribution in [2.75, 3.05) is 32.1 Å². The number of anilines is 1. The number of benzene rings is 1. The number of likely N-dealkylation sites (tertiary alicyclic amines) is 1. The Morgan fingerprint density at radius 3 is 2.89 bits per heavy atom. The van der Waals surface area contributed by atoms with Crippen molar-refractivity contribution in [1.82, 2.24) is 4.90 Å². The van der Waals surface area contributed by atoms with E-state index in [1.165, 1.54) is 0 Å². The molecule has 0 spiro atoms. The van der Waals surface area contributed by atoms with Crippen LogP contribution in [-0.4, -0.2) is 37.7 Å². The van der Waals surface area contributed by atoms with Gasteiger partial charge in [0.25, 0.3) is 0 Å². The highest BCUT2D eigenvalue weighted by atomic mass is 16.5. The molecule has 1 heterocycles. The van der Waals surface area contributed by atoms with Crippen LogP contribution in [0.2, 0.25) is 0 Å². The first-order chi connectivity index (χ1) is 8.81. The fraction of sp³-hybridized carbons (Fsp3) is 0.467. The molecule has 0 aromatic heterocycles. The van der Waals surface area contributed by atoms with Gasteiger partial charge in [0.05, 0.1) is 13.7 Å². The van der Waals surface area contributed by atoms with Crippen molar-refractivity contribution in [3.8, 4) is 18.1 Å². The molecule has 18 heavy (non-hydrogen) atoms. The zero-order chi connectivity index (χ0) is 12.8.